The van der Waals surface area contributed by atoms with Gasteiger partial charge in [0.05, 0.1) is 11.9 Å². The van der Waals surface area contributed by atoms with Gasteiger partial charge in [0.1, 0.15) is 5.82 Å². The molecule has 2 aromatic heterocycles. The maximum Gasteiger partial charge on any atom is 0.354 e. The highest BCUT2D eigenvalue weighted by Gasteiger charge is 2.16. The largest absolute Gasteiger partial charge is 0.477 e. The van der Waals surface area contributed by atoms with Crippen LogP contribution in [0.25, 0.3) is 16.9 Å². The van der Waals surface area contributed by atoms with E-state index in [4.69, 9.17) is 0 Å². The van der Waals surface area contributed by atoms with Gasteiger partial charge in [-0.15, -0.1) is 0 Å². The quantitative estimate of drug-likeness (QED) is 0.803. The van der Waals surface area contributed by atoms with E-state index in [0.717, 1.165) is 5.56 Å². The lowest BCUT2D eigenvalue weighted by Gasteiger charge is -2.06. The van der Waals surface area contributed by atoms with Crippen LogP contribution in [0.4, 0.5) is 4.39 Å². The number of benzene rings is 1. The fourth-order valence-electron chi connectivity index (χ4n) is 2.18. The predicted octanol–water partition coefficient (Wildman–Crippen LogP) is 2.80. The van der Waals surface area contributed by atoms with Gasteiger partial charge in [0.15, 0.2) is 11.3 Å². The standard InChI is InChI=1S/C15H12FN3O2/c1-2-9-8-17-19-13(15(20)21)7-12(18-14(9)19)10-3-5-11(16)6-4-10/h3-8H,2H2,1H3,(H,20,21). The van der Waals surface area contributed by atoms with Crippen LogP contribution in [0.1, 0.15) is 23.0 Å². The number of fused-ring (bicyclic) bond motifs is 1. The molecule has 0 fully saturated rings. The molecule has 3 rings (SSSR count). The summed E-state index contributed by atoms with van der Waals surface area (Å²) in [5.41, 5.74) is 2.54. The second kappa shape index (κ2) is 4.97. The Kier molecular flexibility index (Phi) is 3.13. The van der Waals surface area contributed by atoms with Gasteiger partial charge >= 0.3 is 5.97 Å². The van der Waals surface area contributed by atoms with Gasteiger partial charge in [-0.2, -0.15) is 5.10 Å². The van der Waals surface area contributed by atoms with E-state index in [1.54, 1.807) is 18.3 Å². The molecule has 1 N–H and O–H groups in total. The molecule has 0 unspecified atom stereocenters. The van der Waals surface area contributed by atoms with E-state index in [1.807, 2.05) is 6.92 Å². The monoisotopic (exact) mass is 285 g/mol. The number of aryl methyl sites for hydroxylation is 1. The van der Waals surface area contributed by atoms with E-state index in [2.05, 4.69) is 10.1 Å². The van der Waals surface area contributed by atoms with Crippen LogP contribution in [0.3, 0.4) is 0 Å². The molecule has 0 aliphatic rings. The van der Waals surface area contributed by atoms with Gasteiger partial charge in [0.2, 0.25) is 0 Å². The number of rotatable bonds is 3. The van der Waals surface area contributed by atoms with Gasteiger partial charge < -0.3 is 5.11 Å². The number of carboxylic acids is 1. The van der Waals surface area contributed by atoms with Crippen LogP contribution < -0.4 is 0 Å². The Morgan fingerprint density at radius 2 is 2.05 bits per heavy atom. The first-order valence-corrected chi connectivity index (χ1v) is 6.47. The molecule has 2 heterocycles. The SMILES string of the molecule is CCc1cnn2c(C(=O)O)cc(-c3ccc(F)cc3)nc12. The first-order chi connectivity index (χ1) is 10.1. The molecule has 1 aromatic carbocycles. The van der Waals surface area contributed by atoms with Crippen molar-refractivity contribution in [2.24, 2.45) is 0 Å². The van der Waals surface area contributed by atoms with E-state index in [0.29, 0.717) is 23.3 Å². The number of aromatic nitrogens is 3. The van der Waals surface area contributed by atoms with E-state index >= 15 is 0 Å². The summed E-state index contributed by atoms with van der Waals surface area (Å²) in [6.45, 7) is 1.95. The first-order valence-electron chi connectivity index (χ1n) is 6.47. The minimum atomic E-state index is -1.09. The average molecular weight is 285 g/mol. The Morgan fingerprint density at radius 3 is 2.67 bits per heavy atom. The predicted molar refractivity (Wildman–Crippen MR) is 74.7 cm³/mol. The van der Waals surface area contributed by atoms with E-state index in [-0.39, 0.29) is 11.5 Å². The van der Waals surface area contributed by atoms with E-state index < -0.39 is 5.97 Å². The second-order valence-corrected chi connectivity index (χ2v) is 4.60. The van der Waals surface area contributed by atoms with Crippen molar-refractivity contribution in [3.05, 3.63) is 53.6 Å². The number of nitrogens with zero attached hydrogens (tertiary/aromatic N) is 3. The fourth-order valence-corrected chi connectivity index (χ4v) is 2.18. The second-order valence-electron chi connectivity index (χ2n) is 4.60. The Balaban J connectivity index is 2.28. The van der Waals surface area contributed by atoms with E-state index in [1.165, 1.54) is 22.7 Å². The molecule has 21 heavy (non-hydrogen) atoms. The Labute approximate surface area is 119 Å². The van der Waals surface area contributed by atoms with Crippen molar-refractivity contribution in [3.8, 4) is 11.3 Å². The van der Waals surface area contributed by atoms with Gasteiger partial charge in [-0.3, -0.25) is 0 Å². The molecular weight excluding hydrogens is 273 g/mol. The summed E-state index contributed by atoms with van der Waals surface area (Å²) >= 11 is 0. The summed E-state index contributed by atoms with van der Waals surface area (Å²) in [5.74, 6) is -1.44. The maximum atomic E-state index is 13.0. The van der Waals surface area contributed by atoms with Crippen molar-refractivity contribution >= 4 is 11.6 Å². The van der Waals surface area contributed by atoms with Crippen LogP contribution in [0.15, 0.2) is 36.5 Å². The number of hydrogen-bond donors (Lipinski definition) is 1. The molecular formula is C15H12FN3O2. The van der Waals surface area contributed by atoms with Gasteiger partial charge in [-0.05, 0) is 36.8 Å². The maximum absolute atomic E-state index is 13.0. The summed E-state index contributed by atoms with van der Waals surface area (Å²) in [5, 5.41) is 13.4. The number of carboxylic acid groups (broad SMARTS) is 1. The first kappa shape index (κ1) is 13.2. The number of aromatic carboxylic acids is 1. The third-order valence-electron chi connectivity index (χ3n) is 3.28. The molecule has 3 aromatic rings. The Hall–Kier alpha value is -2.76. The molecule has 0 atom stereocenters. The van der Waals surface area contributed by atoms with E-state index in [9.17, 15) is 14.3 Å². The molecule has 0 saturated heterocycles. The van der Waals surface area contributed by atoms with Crippen molar-refractivity contribution in [3.63, 3.8) is 0 Å². The normalized spacial score (nSPS) is 11.0. The Morgan fingerprint density at radius 1 is 1.33 bits per heavy atom. The molecule has 0 amide bonds. The van der Waals surface area contributed by atoms with Crippen LogP contribution in [0, 0.1) is 5.82 Å². The van der Waals surface area contributed by atoms with Crippen molar-refractivity contribution in [1.29, 1.82) is 0 Å². The third kappa shape index (κ3) is 2.24. The lowest BCUT2D eigenvalue weighted by Crippen LogP contribution is -2.08. The minimum Gasteiger partial charge on any atom is -0.477 e. The molecule has 6 heteroatoms. The Bertz CT molecular complexity index is 825. The zero-order valence-electron chi connectivity index (χ0n) is 11.2. The summed E-state index contributed by atoms with van der Waals surface area (Å²) in [4.78, 5) is 15.9. The molecule has 106 valence electrons. The van der Waals surface area contributed by atoms with Gasteiger partial charge in [0, 0.05) is 11.1 Å². The van der Waals surface area contributed by atoms with Crippen LogP contribution in [0.5, 0.6) is 0 Å². The lowest BCUT2D eigenvalue weighted by molar-refractivity contribution is 0.0687. The van der Waals surface area contributed by atoms with Crippen LogP contribution in [0.2, 0.25) is 0 Å². The van der Waals surface area contributed by atoms with Gasteiger partial charge in [0.25, 0.3) is 0 Å². The molecule has 0 aliphatic heterocycles. The third-order valence-corrected chi connectivity index (χ3v) is 3.28. The fraction of sp³-hybridized carbons (Fsp3) is 0.133. The minimum absolute atomic E-state index is 0.0269. The van der Waals surface area contributed by atoms with Crippen molar-refractivity contribution in [1.82, 2.24) is 14.6 Å². The summed E-state index contributed by atoms with van der Waals surface area (Å²) in [6, 6.07) is 7.22. The number of hydrogen-bond acceptors (Lipinski definition) is 3. The highest BCUT2D eigenvalue weighted by molar-refractivity contribution is 5.88. The molecule has 0 saturated carbocycles. The molecule has 5 nitrogen and oxygen atoms in total. The topological polar surface area (TPSA) is 67.5 Å². The summed E-state index contributed by atoms with van der Waals surface area (Å²) in [7, 11) is 0. The van der Waals surface area contributed by atoms with Crippen LogP contribution in [-0.4, -0.2) is 25.7 Å². The summed E-state index contributed by atoms with van der Waals surface area (Å²) < 4.78 is 14.3. The van der Waals surface area contributed by atoms with Gasteiger partial charge in [-0.1, -0.05) is 6.92 Å². The number of carbonyl (C=O) groups is 1. The van der Waals surface area contributed by atoms with Gasteiger partial charge in [-0.25, -0.2) is 18.7 Å². The highest BCUT2D eigenvalue weighted by atomic mass is 19.1. The van der Waals surface area contributed by atoms with Crippen molar-refractivity contribution in [2.45, 2.75) is 13.3 Å². The van der Waals surface area contributed by atoms with Crippen molar-refractivity contribution in [2.75, 3.05) is 0 Å². The van der Waals surface area contributed by atoms with Crippen molar-refractivity contribution < 1.29 is 14.3 Å². The molecule has 0 radical (unpaired) electrons. The smallest absolute Gasteiger partial charge is 0.354 e. The molecule has 0 spiro atoms. The van der Waals surface area contributed by atoms with Crippen LogP contribution >= 0.6 is 0 Å². The zero-order valence-corrected chi connectivity index (χ0v) is 11.2. The summed E-state index contributed by atoms with van der Waals surface area (Å²) in [6.07, 6.45) is 2.31. The van der Waals surface area contributed by atoms with Crippen LogP contribution in [-0.2, 0) is 6.42 Å². The molecule has 0 aliphatic carbocycles. The lowest BCUT2D eigenvalue weighted by atomic mass is 10.1. The molecule has 0 bridgehead atoms. The average Bonchev–Trinajstić information content (AvgIpc) is 2.89. The number of halogens is 1. The zero-order chi connectivity index (χ0) is 15.0. The highest BCUT2D eigenvalue weighted by Crippen LogP contribution is 2.22.